The third-order valence-electron chi connectivity index (χ3n) is 4.46. The molecule has 2 aromatic rings. The van der Waals surface area contributed by atoms with Gasteiger partial charge in [0.05, 0.1) is 13.5 Å². The van der Waals surface area contributed by atoms with E-state index in [1.807, 2.05) is 50.3 Å². The average Bonchev–Trinajstić information content (AvgIpc) is 2.62. The molecule has 0 fully saturated rings. The summed E-state index contributed by atoms with van der Waals surface area (Å²) in [5.74, 6) is -0.526. The van der Waals surface area contributed by atoms with Gasteiger partial charge in [0, 0.05) is 5.56 Å². The number of ether oxygens (including phenoxy) is 2. The molecule has 2 aromatic carbocycles. The number of fused-ring (bicyclic) bond motifs is 1. The first kappa shape index (κ1) is 17.9. The van der Waals surface area contributed by atoms with Crippen molar-refractivity contribution in [3.8, 4) is 23.0 Å². The normalized spacial score (nSPS) is 15.8. The molecule has 0 spiro atoms. The molecule has 1 aliphatic heterocycles. The number of ketones is 1. The lowest BCUT2D eigenvalue weighted by atomic mass is 9.92. The lowest BCUT2D eigenvalue weighted by molar-refractivity contribution is 0.0836. The van der Waals surface area contributed by atoms with Gasteiger partial charge in [0.15, 0.2) is 17.3 Å². The van der Waals surface area contributed by atoms with Crippen molar-refractivity contribution in [3.05, 3.63) is 58.7 Å². The van der Waals surface area contributed by atoms with Crippen LogP contribution in [0.1, 0.15) is 47.9 Å². The van der Waals surface area contributed by atoms with Crippen molar-refractivity contribution < 1.29 is 24.5 Å². The summed E-state index contributed by atoms with van der Waals surface area (Å²) >= 11 is 0. The van der Waals surface area contributed by atoms with Crippen molar-refractivity contribution in [1.29, 1.82) is 0 Å². The van der Waals surface area contributed by atoms with Crippen molar-refractivity contribution in [2.45, 2.75) is 32.8 Å². The molecule has 1 heterocycles. The number of benzene rings is 2. The third-order valence-corrected chi connectivity index (χ3v) is 4.46. The number of hydrogen-bond donors (Lipinski definition) is 2. The van der Waals surface area contributed by atoms with Crippen molar-refractivity contribution in [2.75, 3.05) is 7.11 Å². The first-order valence-corrected chi connectivity index (χ1v) is 8.47. The summed E-state index contributed by atoms with van der Waals surface area (Å²) in [6, 6.07) is 9.37. The topological polar surface area (TPSA) is 76.0 Å². The van der Waals surface area contributed by atoms with E-state index in [-0.39, 0.29) is 46.3 Å². The molecule has 0 unspecified atom stereocenters. The number of allylic oxidation sites excluding steroid dienone is 2. The Morgan fingerprint density at radius 2 is 1.92 bits per heavy atom. The van der Waals surface area contributed by atoms with Crippen LogP contribution in [0.4, 0.5) is 0 Å². The zero-order valence-corrected chi connectivity index (χ0v) is 15.1. The van der Waals surface area contributed by atoms with Gasteiger partial charge in [-0.15, -0.1) is 0 Å². The highest BCUT2D eigenvalue weighted by Gasteiger charge is 2.36. The van der Waals surface area contributed by atoms with Crippen LogP contribution < -0.4 is 9.47 Å². The summed E-state index contributed by atoms with van der Waals surface area (Å²) in [5, 5.41) is 21.2. The van der Waals surface area contributed by atoms with Gasteiger partial charge in [-0.3, -0.25) is 4.79 Å². The Hall–Kier alpha value is -2.95. The molecule has 136 valence electrons. The highest BCUT2D eigenvalue weighted by atomic mass is 16.5. The van der Waals surface area contributed by atoms with E-state index >= 15 is 0 Å². The maximum Gasteiger partial charge on any atom is 0.204 e. The lowest BCUT2D eigenvalue weighted by Crippen LogP contribution is -2.21. The fraction of sp³-hybridized carbons (Fsp3) is 0.286. The fourth-order valence-electron chi connectivity index (χ4n) is 3.10. The van der Waals surface area contributed by atoms with E-state index in [9.17, 15) is 15.0 Å². The number of phenolic OH excluding ortho intramolecular Hbond substituents is 2. The Bertz CT molecular complexity index is 864. The lowest BCUT2D eigenvalue weighted by Gasteiger charge is -2.28. The Balaban J connectivity index is 2.12. The smallest absolute Gasteiger partial charge is 0.204 e. The molecule has 0 saturated heterocycles. The average molecular weight is 354 g/mol. The molecule has 0 radical (unpaired) electrons. The van der Waals surface area contributed by atoms with E-state index < -0.39 is 6.10 Å². The maximum absolute atomic E-state index is 12.8. The monoisotopic (exact) mass is 354 g/mol. The quantitative estimate of drug-likeness (QED) is 0.800. The molecule has 0 saturated carbocycles. The first-order valence-electron chi connectivity index (χ1n) is 8.47. The summed E-state index contributed by atoms with van der Waals surface area (Å²) in [4.78, 5) is 12.8. The zero-order valence-electron chi connectivity index (χ0n) is 15.1. The van der Waals surface area contributed by atoms with Crippen LogP contribution >= 0.6 is 0 Å². The second-order valence-electron chi connectivity index (χ2n) is 6.54. The van der Waals surface area contributed by atoms with Gasteiger partial charge < -0.3 is 19.7 Å². The first-order chi connectivity index (χ1) is 12.4. The number of methoxy groups -OCH3 is 1. The molecule has 0 aromatic heterocycles. The number of carbonyl (C=O) groups excluding carboxylic acids is 1. The number of carbonyl (C=O) groups is 1. The van der Waals surface area contributed by atoms with Gasteiger partial charge in [-0.2, -0.15) is 0 Å². The van der Waals surface area contributed by atoms with Crippen LogP contribution in [0.2, 0.25) is 0 Å². The zero-order chi connectivity index (χ0) is 18.8. The van der Waals surface area contributed by atoms with Crippen LogP contribution in [0, 0.1) is 0 Å². The summed E-state index contributed by atoms with van der Waals surface area (Å²) in [6.07, 6.45) is 1.77. The van der Waals surface area contributed by atoms with Gasteiger partial charge in [0.25, 0.3) is 0 Å². The summed E-state index contributed by atoms with van der Waals surface area (Å²) in [7, 11) is 1.40. The standard InChI is InChI=1S/C21H22O5/c1-12(2)9-10-14-18(23)17-15(22)11-16(13-7-5-4-6-8-13)26-20(17)21(25-3)19(14)24/h4-9,16,23-24H,10-11H2,1-3H3/t16-/m1/s1. The van der Waals surface area contributed by atoms with Crippen LogP contribution in [-0.4, -0.2) is 23.1 Å². The molecule has 0 aliphatic carbocycles. The molecule has 3 rings (SSSR count). The van der Waals surface area contributed by atoms with Gasteiger partial charge in [0.1, 0.15) is 17.4 Å². The number of aromatic hydroxyl groups is 2. The minimum absolute atomic E-state index is 0.0731. The molecule has 1 aliphatic rings. The van der Waals surface area contributed by atoms with Gasteiger partial charge in [-0.25, -0.2) is 0 Å². The summed E-state index contributed by atoms with van der Waals surface area (Å²) in [6.45, 7) is 3.84. The molecule has 0 amide bonds. The highest BCUT2D eigenvalue weighted by Crippen LogP contribution is 2.52. The van der Waals surface area contributed by atoms with Gasteiger partial charge in [-0.1, -0.05) is 42.0 Å². The largest absolute Gasteiger partial charge is 0.507 e. The molecule has 1 atom stereocenters. The minimum atomic E-state index is -0.493. The van der Waals surface area contributed by atoms with Crippen LogP contribution in [0.3, 0.4) is 0 Å². The van der Waals surface area contributed by atoms with E-state index in [1.54, 1.807) is 0 Å². The molecule has 5 heteroatoms. The molecular weight excluding hydrogens is 332 g/mol. The second kappa shape index (κ2) is 7.12. The van der Waals surface area contributed by atoms with Crippen molar-refractivity contribution in [3.63, 3.8) is 0 Å². The Kier molecular flexibility index (Phi) is 4.89. The number of Topliss-reactive ketones (excluding diaryl/α,β-unsaturated/α-hetero) is 1. The van der Waals surface area contributed by atoms with Gasteiger partial charge in [-0.05, 0) is 25.8 Å². The van der Waals surface area contributed by atoms with Crippen molar-refractivity contribution >= 4 is 5.78 Å². The second-order valence-corrected chi connectivity index (χ2v) is 6.54. The Morgan fingerprint density at radius 3 is 2.54 bits per heavy atom. The van der Waals surface area contributed by atoms with Gasteiger partial charge >= 0.3 is 0 Å². The number of phenols is 2. The van der Waals surface area contributed by atoms with Crippen LogP contribution in [0.15, 0.2) is 42.0 Å². The molecule has 2 N–H and O–H groups in total. The number of hydrogen-bond acceptors (Lipinski definition) is 5. The van der Waals surface area contributed by atoms with E-state index in [2.05, 4.69) is 0 Å². The Morgan fingerprint density at radius 1 is 1.23 bits per heavy atom. The van der Waals surface area contributed by atoms with Gasteiger partial charge in [0.2, 0.25) is 5.75 Å². The SMILES string of the molecule is COc1c(O)c(CC=C(C)C)c(O)c2c1O[C@@H](c1ccccc1)CC2=O. The summed E-state index contributed by atoms with van der Waals surface area (Å²) in [5.41, 5.74) is 2.22. The van der Waals surface area contributed by atoms with Crippen LogP contribution in [0.5, 0.6) is 23.0 Å². The van der Waals surface area contributed by atoms with Crippen molar-refractivity contribution in [1.82, 2.24) is 0 Å². The summed E-state index contributed by atoms with van der Waals surface area (Å²) < 4.78 is 11.3. The predicted molar refractivity (Wildman–Crippen MR) is 98.2 cm³/mol. The van der Waals surface area contributed by atoms with E-state index in [1.165, 1.54) is 7.11 Å². The van der Waals surface area contributed by atoms with Crippen LogP contribution in [0.25, 0.3) is 0 Å². The van der Waals surface area contributed by atoms with Crippen LogP contribution in [-0.2, 0) is 6.42 Å². The third kappa shape index (κ3) is 3.12. The maximum atomic E-state index is 12.8. The molecule has 0 bridgehead atoms. The van der Waals surface area contributed by atoms with E-state index in [4.69, 9.17) is 9.47 Å². The minimum Gasteiger partial charge on any atom is -0.507 e. The number of rotatable bonds is 4. The fourth-order valence-corrected chi connectivity index (χ4v) is 3.10. The molecule has 26 heavy (non-hydrogen) atoms. The highest BCUT2D eigenvalue weighted by molar-refractivity contribution is 6.04. The van der Waals surface area contributed by atoms with E-state index in [0.717, 1.165) is 11.1 Å². The molecular formula is C21H22O5. The Labute approximate surface area is 152 Å². The molecule has 5 nitrogen and oxygen atoms in total. The van der Waals surface area contributed by atoms with E-state index in [0.29, 0.717) is 6.42 Å². The predicted octanol–water partition coefficient (Wildman–Crippen LogP) is 4.32. The van der Waals surface area contributed by atoms with Crippen molar-refractivity contribution in [2.24, 2.45) is 0 Å².